The van der Waals surface area contributed by atoms with Crippen LogP contribution >= 0.6 is 11.8 Å². The molecule has 1 aromatic carbocycles. The van der Waals surface area contributed by atoms with Gasteiger partial charge in [-0.3, -0.25) is 4.79 Å². The number of nitrogens with zero attached hydrogens (tertiary/aromatic N) is 2. The zero-order chi connectivity index (χ0) is 12.5. The number of hydrogen-bond donors (Lipinski definition) is 3. The van der Waals surface area contributed by atoms with Crippen LogP contribution in [0.5, 0.6) is 0 Å². The highest BCUT2D eigenvalue weighted by Crippen LogP contribution is 2.31. The molecule has 0 fully saturated rings. The molecule has 3 rings (SSSR count). The van der Waals surface area contributed by atoms with Crippen LogP contribution in [-0.2, 0) is 0 Å². The predicted molar refractivity (Wildman–Crippen MR) is 69.5 cm³/mol. The number of H-pyrrole nitrogens is 2. The summed E-state index contributed by atoms with van der Waals surface area (Å²) in [5, 5.41) is 1.23. The van der Waals surface area contributed by atoms with E-state index in [0.717, 1.165) is 10.1 Å². The molecule has 0 aliphatic rings. The van der Waals surface area contributed by atoms with Crippen molar-refractivity contribution in [1.82, 2.24) is 19.9 Å². The summed E-state index contributed by atoms with van der Waals surface area (Å²) in [6.45, 7) is 0. The molecule has 0 radical (unpaired) electrons. The lowest BCUT2D eigenvalue weighted by molar-refractivity contribution is 1.06. The van der Waals surface area contributed by atoms with Gasteiger partial charge in [0.15, 0.2) is 5.16 Å². The smallest absolute Gasteiger partial charge is 0.258 e. The van der Waals surface area contributed by atoms with Gasteiger partial charge in [0.1, 0.15) is 0 Å². The van der Waals surface area contributed by atoms with Crippen molar-refractivity contribution in [1.29, 1.82) is 0 Å². The van der Waals surface area contributed by atoms with E-state index in [2.05, 4.69) is 19.9 Å². The molecule has 0 saturated carbocycles. The summed E-state index contributed by atoms with van der Waals surface area (Å²) >= 11 is 1.40. The summed E-state index contributed by atoms with van der Waals surface area (Å²) in [4.78, 5) is 26.1. The second-order valence-electron chi connectivity index (χ2n) is 3.64. The number of hydrogen-bond acceptors (Lipinski definition) is 5. The number of benzene rings is 1. The van der Waals surface area contributed by atoms with Crippen molar-refractivity contribution in [2.45, 2.75) is 10.1 Å². The summed E-state index contributed by atoms with van der Waals surface area (Å²) in [7, 11) is 0. The average Bonchev–Trinajstić information content (AvgIpc) is 2.84. The van der Waals surface area contributed by atoms with E-state index in [1.165, 1.54) is 18.1 Å². The minimum Gasteiger partial charge on any atom is -0.398 e. The van der Waals surface area contributed by atoms with Crippen LogP contribution in [0.2, 0.25) is 0 Å². The monoisotopic (exact) mass is 259 g/mol. The molecule has 0 spiro atoms. The van der Waals surface area contributed by atoms with Crippen LogP contribution in [0.15, 0.2) is 45.7 Å². The standard InChI is InChI=1S/C11H9N5OS/c12-7-3-6-8(15-5-16-10(6)17)4-9(7)18-11-13-1-2-14-11/h1-5H,12H2,(H,13,14)(H,15,16,17). The van der Waals surface area contributed by atoms with Gasteiger partial charge in [-0.15, -0.1) is 0 Å². The number of nitrogens with two attached hydrogens (primary N) is 1. The molecule has 18 heavy (non-hydrogen) atoms. The van der Waals surface area contributed by atoms with Gasteiger partial charge in [-0.1, -0.05) is 0 Å². The molecule has 0 aliphatic carbocycles. The van der Waals surface area contributed by atoms with E-state index in [9.17, 15) is 4.79 Å². The first-order valence-electron chi connectivity index (χ1n) is 5.18. The Bertz CT molecular complexity index is 750. The fourth-order valence-corrected chi connectivity index (χ4v) is 2.41. The molecule has 3 aromatic rings. The highest BCUT2D eigenvalue weighted by molar-refractivity contribution is 7.99. The Morgan fingerprint density at radius 2 is 2.11 bits per heavy atom. The Morgan fingerprint density at radius 3 is 2.89 bits per heavy atom. The molecule has 7 heteroatoms. The van der Waals surface area contributed by atoms with E-state index in [-0.39, 0.29) is 5.56 Å². The molecule has 2 aromatic heterocycles. The number of fused-ring (bicyclic) bond motifs is 1. The number of anilines is 1. The van der Waals surface area contributed by atoms with Crippen LogP contribution in [-0.4, -0.2) is 19.9 Å². The fraction of sp³-hybridized carbons (Fsp3) is 0. The fourth-order valence-electron chi connectivity index (χ4n) is 1.61. The van der Waals surface area contributed by atoms with Crippen LogP contribution in [0.3, 0.4) is 0 Å². The maximum atomic E-state index is 11.6. The number of nitrogen functional groups attached to an aromatic ring is 1. The van der Waals surface area contributed by atoms with Gasteiger partial charge in [0.05, 0.1) is 17.2 Å². The molecule has 0 unspecified atom stereocenters. The molecule has 0 aliphatic heterocycles. The van der Waals surface area contributed by atoms with E-state index in [0.29, 0.717) is 16.6 Å². The van der Waals surface area contributed by atoms with Gasteiger partial charge in [-0.05, 0) is 23.9 Å². The quantitative estimate of drug-likeness (QED) is 0.604. The van der Waals surface area contributed by atoms with Gasteiger partial charge in [0, 0.05) is 23.0 Å². The summed E-state index contributed by atoms with van der Waals surface area (Å²) < 4.78 is 0. The van der Waals surface area contributed by atoms with Gasteiger partial charge in [-0.25, -0.2) is 9.97 Å². The molecule has 6 nitrogen and oxygen atoms in total. The molecule has 0 saturated heterocycles. The van der Waals surface area contributed by atoms with Crippen molar-refractivity contribution < 1.29 is 0 Å². The van der Waals surface area contributed by atoms with Crippen molar-refractivity contribution in [3.63, 3.8) is 0 Å². The maximum absolute atomic E-state index is 11.6. The molecule has 2 heterocycles. The molecule has 0 atom stereocenters. The minimum absolute atomic E-state index is 0.193. The lowest BCUT2D eigenvalue weighted by Gasteiger charge is -2.04. The largest absolute Gasteiger partial charge is 0.398 e. The van der Waals surface area contributed by atoms with Crippen molar-refractivity contribution in [2.75, 3.05) is 5.73 Å². The van der Waals surface area contributed by atoms with Crippen molar-refractivity contribution in [3.05, 3.63) is 41.2 Å². The number of aromatic amines is 2. The first kappa shape index (κ1) is 10.8. The lowest BCUT2D eigenvalue weighted by atomic mass is 10.2. The summed E-state index contributed by atoms with van der Waals surface area (Å²) in [5.74, 6) is 0. The van der Waals surface area contributed by atoms with E-state index in [4.69, 9.17) is 5.73 Å². The molecule has 0 amide bonds. The van der Waals surface area contributed by atoms with Crippen LogP contribution < -0.4 is 11.3 Å². The number of nitrogens with one attached hydrogen (secondary N) is 2. The summed E-state index contributed by atoms with van der Waals surface area (Å²) in [6, 6.07) is 3.42. The van der Waals surface area contributed by atoms with E-state index in [1.807, 2.05) is 0 Å². The molecule has 0 bridgehead atoms. The van der Waals surface area contributed by atoms with Crippen LogP contribution in [0.4, 0.5) is 5.69 Å². The van der Waals surface area contributed by atoms with Crippen molar-refractivity contribution in [3.8, 4) is 0 Å². The van der Waals surface area contributed by atoms with E-state index in [1.54, 1.807) is 24.5 Å². The zero-order valence-electron chi connectivity index (χ0n) is 9.18. The highest BCUT2D eigenvalue weighted by Gasteiger charge is 2.08. The minimum atomic E-state index is -0.193. The second kappa shape index (κ2) is 4.19. The Hall–Kier alpha value is -2.28. The average molecular weight is 259 g/mol. The van der Waals surface area contributed by atoms with E-state index >= 15 is 0 Å². The Labute approximate surface area is 106 Å². The van der Waals surface area contributed by atoms with E-state index < -0.39 is 0 Å². The summed E-state index contributed by atoms with van der Waals surface area (Å²) in [6.07, 6.45) is 4.78. The number of rotatable bonds is 2. The highest BCUT2D eigenvalue weighted by atomic mass is 32.2. The van der Waals surface area contributed by atoms with Gasteiger partial charge >= 0.3 is 0 Å². The third-order valence-corrected chi connectivity index (χ3v) is 3.44. The van der Waals surface area contributed by atoms with Gasteiger partial charge < -0.3 is 15.7 Å². The first-order chi connectivity index (χ1) is 8.74. The zero-order valence-corrected chi connectivity index (χ0v) is 9.99. The second-order valence-corrected chi connectivity index (χ2v) is 4.67. The Kier molecular flexibility index (Phi) is 2.52. The maximum Gasteiger partial charge on any atom is 0.258 e. The molecular weight excluding hydrogens is 250 g/mol. The van der Waals surface area contributed by atoms with Gasteiger partial charge in [0.2, 0.25) is 0 Å². The van der Waals surface area contributed by atoms with Crippen LogP contribution in [0, 0.1) is 0 Å². The number of imidazole rings is 1. The lowest BCUT2D eigenvalue weighted by Crippen LogP contribution is -2.07. The van der Waals surface area contributed by atoms with Crippen molar-refractivity contribution >= 4 is 28.4 Å². The first-order valence-corrected chi connectivity index (χ1v) is 6.00. The summed E-state index contributed by atoms with van der Waals surface area (Å²) in [5.41, 5.74) is 6.88. The number of aromatic nitrogens is 4. The third kappa shape index (κ3) is 1.84. The molecule has 4 N–H and O–H groups in total. The Morgan fingerprint density at radius 1 is 1.22 bits per heavy atom. The SMILES string of the molecule is Nc1cc2c(=O)[nH]cnc2cc1Sc1ncc[nH]1. The van der Waals surface area contributed by atoms with Crippen molar-refractivity contribution in [2.24, 2.45) is 0 Å². The van der Waals surface area contributed by atoms with Crippen LogP contribution in [0.1, 0.15) is 0 Å². The third-order valence-electron chi connectivity index (χ3n) is 2.45. The predicted octanol–water partition coefficient (Wildman–Crippen LogP) is 1.38. The topological polar surface area (TPSA) is 100 Å². The normalized spacial score (nSPS) is 10.9. The van der Waals surface area contributed by atoms with Gasteiger partial charge in [0.25, 0.3) is 5.56 Å². The molecule has 90 valence electrons. The Balaban J connectivity index is 2.13. The van der Waals surface area contributed by atoms with Crippen LogP contribution in [0.25, 0.3) is 10.9 Å². The molecular formula is C11H9N5OS. The van der Waals surface area contributed by atoms with Gasteiger partial charge in [-0.2, -0.15) is 0 Å².